The van der Waals surface area contributed by atoms with E-state index in [4.69, 9.17) is 5.11 Å². The first-order chi connectivity index (χ1) is 9.95. The Labute approximate surface area is 120 Å². The first-order valence-electron chi connectivity index (χ1n) is 6.78. The molecule has 2 saturated carbocycles. The molecule has 2 atom stereocenters. The molecule has 0 bridgehead atoms. The maximum atomic E-state index is 12.2. The van der Waals surface area contributed by atoms with Gasteiger partial charge < -0.3 is 10.4 Å². The van der Waals surface area contributed by atoms with Gasteiger partial charge in [0.15, 0.2) is 0 Å². The topological polar surface area (TPSA) is 110 Å². The number of nitro benzene ring substituents is 1. The van der Waals surface area contributed by atoms with Gasteiger partial charge in [0.2, 0.25) is 5.91 Å². The molecule has 0 spiro atoms. The lowest BCUT2D eigenvalue weighted by atomic mass is 10.0. The number of carboxylic acid groups (broad SMARTS) is 1. The average molecular weight is 290 g/mol. The Morgan fingerprint density at radius 2 is 1.90 bits per heavy atom. The molecule has 0 saturated heterocycles. The zero-order valence-electron chi connectivity index (χ0n) is 11.1. The van der Waals surface area contributed by atoms with E-state index in [0.29, 0.717) is 11.8 Å². The van der Waals surface area contributed by atoms with Crippen molar-refractivity contribution >= 4 is 23.3 Å². The smallest absolute Gasteiger partial charge is 0.337 e. The zero-order chi connectivity index (χ0) is 15.1. The van der Waals surface area contributed by atoms with Crippen LogP contribution in [0.25, 0.3) is 0 Å². The molecule has 0 aliphatic heterocycles. The van der Waals surface area contributed by atoms with Crippen molar-refractivity contribution in [1.29, 1.82) is 0 Å². The van der Waals surface area contributed by atoms with E-state index in [9.17, 15) is 19.7 Å². The summed E-state index contributed by atoms with van der Waals surface area (Å²) in [7, 11) is 0. The van der Waals surface area contributed by atoms with Crippen molar-refractivity contribution in [2.75, 3.05) is 5.32 Å². The Bertz CT molecular complexity index is 632. The van der Waals surface area contributed by atoms with Gasteiger partial charge in [-0.3, -0.25) is 14.9 Å². The molecule has 21 heavy (non-hydrogen) atoms. The minimum atomic E-state index is -1.23. The fraction of sp³-hybridized carbons (Fsp3) is 0.429. The standard InChI is InChI=1S/C14H14N2O5/c17-13(9-4-7-3-8(7)5-9)15-12-6-10(16(20)21)1-2-11(12)14(18)19/h1-2,6-9H,3-5H2,(H,15,17)(H,18,19). The highest BCUT2D eigenvalue weighted by molar-refractivity contribution is 6.01. The quantitative estimate of drug-likeness (QED) is 0.653. The Morgan fingerprint density at radius 3 is 2.48 bits per heavy atom. The summed E-state index contributed by atoms with van der Waals surface area (Å²) in [6.45, 7) is 0. The van der Waals surface area contributed by atoms with E-state index in [0.717, 1.165) is 31.0 Å². The lowest BCUT2D eigenvalue weighted by molar-refractivity contribution is -0.384. The van der Waals surface area contributed by atoms with Crippen molar-refractivity contribution in [2.24, 2.45) is 17.8 Å². The molecule has 2 unspecified atom stereocenters. The van der Waals surface area contributed by atoms with Crippen LogP contribution in [-0.4, -0.2) is 21.9 Å². The third-order valence-electron chi connectivity index (χ3n) is 4.32. The van der Waals surface area contributed by atoms with Crippen molar-refractivity contribution in [3.05, 3.63) is 33.9 Å². The van der Waals surface area contributed by atoms with Gasteiger partial charge in [-0.15, -0.1) is 0 Å². The number of non-ortho nitro benzene ring substituents is 1. The Morgan fingerprint density at radius 1 is 1.24 bits per heavy atom. The molecule has 2 aliphatic carbocycles. The van der Waals surface area contributed by atoms with Crippen LogP contribution in [0, 0.1) is 27.9 Å². The average Bonchev–Trinajstić information content (AvgIpc) is 3.04. The van der Waals surface area contributed by atoms with Crippen LogP contribution < -0.4 is 5.32 Å². The number of hydrogen-bond donors (Lipinski definition) is 2. The van der Waals surface area contributed by atoms with E-state index in [1.807, 2.05) is 0 Å². The van der Waals surface area contributed by atoms with E-state index in [1.54, 1.807) is 0 Å². The largest absolute Gasteiger partial charge is 0.478 e. The Hall–Kier alpha value is -2.44. The van der Waals surface area contributed by atoms with Crippen LogP contribution in [0.1, 0.15) is 29.6 Å². The number of anilines is 1. The van der Waals surface area contributed by atoms with Gasteiger partial charge in [-0.1, -0.05) is 0 Å². The Balaban J connectivity index is 1.81. The summed E-state index contributed by atoms with van der Waals surface area (Å²) in [6, 6.07) is 3.35. The molecule has 0 aromatic heterocycles. The second kappa shape index (κ2) is 4.83. The second-order valence-electron chi connectivity index (χ2n) is 5.71. The van der Waals surface area contributed by atoms with Crippen LogP contribution in [0.3, 0.4) is 0 Å². The first-order valence-corrected chi connectivity index (χ1v) is 6.78. The van der Waals surface area contributed by atoms with Gasteiger partial charge in [0.25, 0.3) is 5.69 Å². The molecule has 0 heterocycles. The van der Waals surface area contributed by atoms with Crippen molar-refractivity contribution in [3.63, 3.8) is 0 Å². The number of carbonyl (C=O) groups is 2. The van der Waals surface area contributed by atoms with Crippen LogP contribution >= 0.6 is 0 Å². The Kier molecular flexibility index (Phi) is 3.12. The number of carboxylic acids is 1. The summed E-state index contributed by atoms with van der Waals surface area (Å²) < 4.78 is 0. The molecule has 7 heteroatoms. The summed E-state index contributed by atoms with van der Waals surface area (Å²) in [4.78, 5) is 33.5. The van der Waals surface area contributed by atoms with Crippen molar-refractivity contribution in [1.82, 2.24) is 0 Å². The van der Waals surface area contributed by atoms with E-state index in [-0.39, 0.29) is 28.8 Å². The molecule has 2 fully saturated rings. The van der Waals surface area contributed by atoms with Crippen LogP contribution in [0.2, 0.25) is 0 Å². The van der Waals surface area contributed by atoms with E-state index < -0.39 is 10.9 Å². The summed E-state index contributed by atoms with van der Waals surface area (Å²) in [5, 5.41) is 22.4. The summed E-state index contributed by atoms with van der Waals surface area (Å²) in [6.07, 6.45) is 2.84. The van der Waals surface area contributed by atoms with Gasteiger partial charge in [-0.2, -0.15) is 0 Å². The highest BCUT2D eigenvalue weighted by Crippen LogP contribution is 2.54. The van der Waals surface area contributed by atoms with Gasteiger partial charge in [0.05, 0.1) is 16.2 Å². The molecule has 1 aromatic rings. The monoisotopic (exact) mass is 290 g/mol. The fourth-order valence-corrected chi connectivity index (χ4v) is 3.10. The van der Waals surface area contributed by atoms with E-state index in [1.165, 1.54) is 6.42 Å². The summed E-state index contributed by atoms with van der Waals surface area (Å²) in [5.41, 5.74) is -0.399. The molecular formula is C14H14N2O5. The first kappa shape index (κ1) is 13.5. The highest BCUT2D eigenvalue weighted by atomic mass is 16.6. The number of nitrogens with zero attached hydrogens (tertiary/aromatic N) is 1. The molecular weight excluding hydrogens is 276 g/mol. The fourth-order valence-electron chi connectivity index (χ4n) is 3.10. The minimum absolute atomic E-state index is 0.0118. The molecule has 1 aromatic carbocycles. The van der Waals surface area contributed by atoms with Crippen LogP contribution in [0.5, 0.6) is 0 Å². The number of fused-ring (bicyclic) bond motifs is 1. The van der Waals surface area contributed by atoms with Gasteiger partial charge in [-0.05, 0) is 37.2 Å². The summed E-state index contributed by atoms with van der Waals surface area (Å²) >= 11 is 0. The second-order valence-corrected chi connectivity index (χ2v) is 5.71. The third kappa shape index (κ3) is 2.58. The normalized spacial score (nSPS) is 26.0. The SMILES string of the molecule is O=C(O)c1ccc([N+](=O)[O-])cc1NC(=O)C1CC2CC2C1. The zero-order valence-corrected chi connectivity index (χ0v) is 11.1. The summed E-state index contributed by atoms with van der Waals surface area (Å²) in [5.74, 6) is -0.330. The van der Waals surface area contributed by atoms with E-state index >= 15 is 0 Å². The van der Waals surface area contributed by atoms with Gasteiger partial charge in [-0.25, -0.2) is 4.79 Å². The number of amides is 1. The van der Waals surface area contributed by atoms with Crippen LogP contribution in [0.15, 0.2) is 18.2 Å². The number of aromatic carboxylic acids is 1. The van der Waals surface area contributed by atoms with Gasteiger partial charge in [0.1, 0.15) is 0 Å². The van der Waals surface area contributed by atoms with Crippen LogP contribution in [0.4, 0.5) is 11.4 Å². The third-order valence-corrected chi connectivity index (χ3v) is 4.32. The van der Waals surface area contributed by atoms with Crippen LogP contribution in [-0.2, 0) is 4.79 Å². The molecule has 1 amide bonds. The molecule has 3 rings (SSSR count). The molecule has 2 aliphatic rings. The number of benzene rings is 1. The molecule has 0 radical (unpaired) electrons. The van der Waals surface area contributed by atoms with Crippen molar-refractivity contribution in [3.8, 4) is 0 Å². The maximum absolute atomic E-state index is 12.2. The lowest BCUT2D eigenvalue weighted by Crippen LogP contribution is -2.23. The van der Waals surface area contributed by atoms with Gasteiger partial charge in [0, 0.05) is 18.1 Å². The molecule has 7 nitrogen and oxygen atoms in total. The number of nitrogens with one attached hydrogen (secondary N) is 1. The van der Waals surface area contributed by atoms with Gasteiger partial charge >= 0.3 is 5.97 Å². The molecule has 110 valence electrons. The van der Waals surface area contributed by atoms with Crippen molar-refractivity contribution < 1.29 is 19.6 Å². The predicted molar refractivity (Wildman–Crippen MR) is 73.0 cm³/mol. The molecule has 2 N–H and O–H groups in total. The predicted octanol–water partition coefficient (Wildman–Crippen LogP) is 2.28. The lowest BCUT2D eigenvalue weighted by Gasteiger charge is -2.13. The van der Waals surface area contributed by atoms with E-state index in [2.05, 4.69) is 5.32 Å². The number of carbonyl (C=O) groups excluding carboxylic acids is 1. The number of nitro groups is 1. The minimum Gasteiger partial charge on any atom is -0.478 e. The number of rotatable bonds is 4. The maximum Gasteiger partial charge on any atom is 0.337 e. The number of hydrogen-bond acceptors (Lipinski definition) is 4. The highest BCUT2D eigenvalue weighted by Gasteiger charge is 2.48. The van der Waals surface area contributed by atoms with Crippen molar-refractivity contribution in [2.45, 2.75) is 19.3 Å².